The Morgan fingerprint density at radius 3 is 2.67 bits per heavy atom. The summed E-state index contributed by atoms with van der Waals surface area (Å²) in [7, 11) is 0. The molecule has 0 saturated heterocycles. The van der Waals surface area contributed by atoms with Crippen LogP contribution in [0, 0.1) is 6.92 Å². The minimum atomic E-state index is 0.0529. The number of hydrogen-bond acceptors (Lipinski definition) is 1. The average molecular weight is 346 g/mol. The van der Waals surface area contributed by atoms with Crippen molar-refractivity contribution in [1.82, 2.24) is 0 Å². The molecule has 21 heavy (non-hydrogen) atoms. The molecule has 0 fully saturated rings. The number of anilines is 1. The van der Waals surface area contributed by atoms with Gasteiger partial charge in [0.05, 0.1) is 0 Å². The van der Waals surface area contributed by atoms with Crippen LogP contribution < -0.4 is 5.32 Å². The average Bonchev–Trinajstić information content (AvgIpc) is 2.45. The van der Waals surface area contributed by atoms with E-state index in [0.29, 0.717) is 6.42 Å². The number of carbonyl (C=O) groups excluding carboxylic acids is 1. The molecule has 0 heterocycles. The highest BCUT2D eigenvalue weighted by Gasteiger charge is 2.10. The number of aryl methyl sites for hydroxylation is 2. The maximum atomic E-state index is 12.1. The van der Waals surface area contributed by atoms with E-state index in [-0.39, 0.29) is 10.7 Å². The number of alkyl halides is 1. The van der Waals surface area contributed by atoms with Gasteiger partial charge in [-0.1, -0.05) is 64.0 Å². The molecular formula is C18H20BrNO. The van der Waals surface area contributed by atoms with Gasteiger partial charge in [-0.15, -0.1) is 0 Å². The predicted octanol–water partition coefficient (Wildman–Crippen LogP) is 5.02. The van der Waals surface area contributed by atoms with Gasteiger partial charge in [0.25, 0.3) is 0 Å². The van der Waals surface area contributed by atoms with Crippen LogP contribution in [0.25, 0.3) is 0 Å². The largest absolute Gasteiger partial charge is 0.326 e. The van der Waals surface area contributed by atoms with E-state index < -0.39 is 0 Å². The van der Waals surface area contributed by atoms with Gasteiger partial charge in [0.15, 0.2) is 0 Å². The van der Waals surface area contributed by atoms with Crippen LogP contribution >= 0.6 is 15.9 Å². The maximum Gasteiger partial charge on any atom is 0.224 e. The van der Waals surface area contributed by atoms with E-state index in [9.17, 15) is 4.79 Å². The highest BCUT2D eigenvalue weighted by Crippen LogP contribution is 2.28. The van der Waals surface area contributed by atoms with Crippen molar-refractivity contribution in [3.05, 3.63) is 65.2 Å². The Bertz CT molecular complexity index is 622. The molecule has 0 saturated carbocycles. The van der Waals surface area contributed by atoms with Crippen molar-refractivity contribution in [2.24, 2.45) is 0 Å². The lowest BCUT2D eigenvalue weighted by Crippen LogP contribution is -2.13. The van der Waals surface area contributed by atoms with Crippen molar-refractivity contribution in [1.29, 1.82) is 0 Å². The summed E-state index contributed by atoms with van der Waals surface area (Å²) in [6.07, 6.45) is 1.26. The van der Waals surface area contributed by atoms with Gasteiger partial charge in [-0.2, -0.15) is 0 Å². The van der Waals surface area contributed by atoms with Crippen LogP contribution in [0.4, 0.5) is 5.69 Å². The van der Waals surface area contributed by atoms with E-state index in [4.69, 9.17) is 0 Å². The standard InChI is InChI=1S/C18H20BrNO/c1-13-6-5-7-15(12-13)10-11-18(21)20-17-9-4-3-8-16(17)14(2)19/h3-9,12,14H,10-11H2,1-2H3,(H,20,21). The molecule has 1 N–H and O–H groups in total. The molecular weight excluding hydrogens is 326 g/mol. The molecule has 2 rings (SSSR count). The smallest absolute Gasteiger partial charge is 0.224 e. The molecule has 1 amide bonds. The Balaban J connectivity index is 1.96. The number of hydrogen-bond donors (Lipinski definition) is 1. The molecule has 2 nitrogen and oxygen atoms in total. The zero-order valence-electron chi connectivity index (χ0n) is 12.4. The van der Waals surface area contributed by atoms with Gasteiger partial charge in [0.1, 0.15) is 0 Å². The number of benzene rings is 2. The number of rotatable bonds is 5. The van der Waals surface area contributed by atoms with Gasteiger partial charge in [-0.3, -0.25) is 4.79 Å². The van der Waals surface area contributed by atoms with Crippen molar-refractivity contribution in [2.75, 3.05) is 5.32 Å². The van der Waals surface area contributed by atoms with Crippen LogP contribution in [0.5, 0.6) is 0 Å². The predicted molar refractivity (Wildman–Crippen MR) is 91.9 cm³/mol. The molecule has 3 heteroatoms. The molecule has 1 unspecified atom stereocenters. The molecule has 0 aliphatic rings. The van der Waals surface area contributed by atoms with E-state index in [1.807, 2.05) is 30.3 Å². The summed E-state index contributed by atoms with van der Waals surface area (Å²) >= 11 is 3.56. The summed E-state index contributed by atoms with van der Waals surface area (Å²) in [4.78, 5) is 12.3. The van der Waals surface area contributed by atoms with Gasteiger partial charge in [-0.25, -0.2) is 0 Å². The summed E-state index contributed by atoms with van der Waals surface area (Å²) in [5, 5.41) is 3.01. The van der Waals surface area contributed by atoms with Crippen molar-refractivity contribution in [3.8, 4) is 0 Å². The zero-order valence-corrected chi connectivity index (χ0v) is 14.0. The van der Waals surface area contributed by atoms with Crippen LogP contribution in [-0.4, -0.2) is 5.91 Å². The van der Waals surface area contributed by atoms with Gasteiger partial charge < -0.3 is 5.32 Å². The van der Waals surface area contributed by atoms with Crippen LogP contribution in [0.2, 0.25) is 0 Å². The van der Waals surface area contributed by atoms with Gasteiger partial charge in [0.2, 0.25) is 5.91 Å². The summed E-state index contributed by atoms with van der Waals surface area (Å²) in [6.45, 7) is 4.12. The van der Waals surface area contributed by atoms with E-state index in [1.54, 1.807) is 0 Å². The van der Waals surface area contributed by atoms with E-state index in [0.717, 1.165) is 17.7 Å². The molecule has 0 bridgehead atoms. The SMILES string of the molecule is Cc1cccc(CCC(=O)Nc2ccccc2C(C)Br)c1. The Labute approximate surface area is 134 Å². The molecule has 2 aromatic rings. The molecule has 0 aliphatic heterocycles. The normalized spacial score (nSPS) is 12.0. The highest BCUT2D eigenvalue weighted by molar-refractivity contribution is 9.09. The molecule has 0 aliphatic carbocycles. The van der Waals surface area contributed by atoms with Crippen molar-refractivity contribution in [2.45, 2.75) is 31.5 Å². The summed E-state index contributed by atoms with van der Waals surface area (Å²) in [5.74, 6) is 0.0529. The lowest BCUT2D eigenvalue weighted by atomic mass is 10.1. The third kappa shape index (κ3) is 4.71. The first-order chi connectivity index (χ1) is 10.1. The number of halogens is 1. The number of nitrogens with one attached hydrogen (secondary N) is 1. The Morgan fingerprint density at radius 1 is 1.19 bits per heavy atom. The van der Waals surface area contributed by atoms with Crippen LogP contribution in [-0.2, 0) is 11.2 Å². The van der Waals surface area contributed by atoms with Crippen molar-refractivity contribution in [3.63, 3.8) is 0 Å². The van der Waals surface area contributed by atoms with Crippen LogP contribution in [0.15, 0.2) is 48.5 Å². The highest BCUT2D eigenvalue weighted by atomic mass is 79.9. The number of carbonyl (C=O) groups is 1. The fourth-order valence-corrected chi connectivity index (χ4v) is 2.70. The second-order valence-corrected chi connectivity index (χ2v) is 6.61. The Morgan fingerprint density at radius 2 is 1.95 bits per heavy atom. The minimum absolute atomic E-state index is 0.0529. The van der Waals surface area contributed by atoms with Crippen molar-refractivity contribution < 1.29 is 4.79 Å². The second kappa shape index (κ2) is 7.41. The topological polar surface area (TPSA) is 29.1 Å². The number of amides is 1. The van der Waals surface area contributed by atoms with Gasteiger partial charge in [-0.05, 0) is 37.5 Å². The fourth-order valence-electron chi connectivity index (χ4n) is 2.30. The quantitative estimate of drug-likeness (QED) is 0.757. The van der Waals surface area contributed by atoms with Gasteiger partial charge >= 0.3 is 0 Å². The summed E-state index contributed by atoms with van der Waals surface area (Å²) in [5.41, 5.74) is 4.41. The van der Waals surface area contributed by atoms with Crippen LogP contribution in [0.1, 0.15) is 34.9 Å². The summed E-state index contributed by atoms with van der Waals surface area (Å²) < 4.78 is 0. The first kappa shape index (κ1) is 15.8. The molecule has 1 atom stereocenters. The van der Waals surface area contributed by atoms with Crippen LogP contribution in [0.3, 0.4) is 0 Å². The summed E-state index contributed by atoms with van der Waals surface area (Å²) in [6, 6.07) is 16.2. The lowest BCUT2D eigenvalue weighted by Gasteiger charge is -2.12. The Hall–Kier alpha value is -1.61. The monoisotopic (exact) mass is 345 g/mol. The van der Waals surface area contributed by atoms with E-state index >= 15 is 0 Å². The van der Waals surface area contributed by atoms with Gasteiger partial charge in [0, 0.05) is 16.9 Å². The number of para-hydroxylation sites is 1. The fraction of sp³-hybridized carbons (Fsp3) is 0.278. The maximum absolute atomic E-state index is 12.1. The zero-order chi connectivity index (χ0) is 15.2. The van der Waals surface area contributed by atoms with E-state index in [1.165, 1.54) is 11.1 Å². The third-order valence-corrected chi connectivity index (χ3v) is 3.88. The molecule has 0 radical (unpaired) electrons. The second-order valence-electron chi connectivity index (χ2n) is 5.24. The first-order valence-electron chi connectivity index (χ1n) is 7.14. The molecule has 0 spiro atoms. The third-order valence-electron chi connectivity index (χ3n) is 3.39. The first-order valence-corrected chi connectivity index (χ1v) is 8.06. The Kier molecular flexibility index (Phi) is 5.57. The minimum Gasteiger partial charge on any atom is -0.326 e. The molecule has 2 aromatic carbocycles. The molecule has 110 valence electrons. The van der Waals surface area contributed by atoms with Crippen molar-refractivity contribution >= 4 is 27.5 Å². The lowest BCUT2D eigenvalue weighted by molar-refractivity contribution is -0.116. The van der Waals surface area contributed by atoms with E-state index in [2.05, 4.69) is 53.3 Å². The molecule has 0 aromatic heterocycles.